The molecule has 0 unspecified atom stereocenters. The first kappa shape index (κ1) is 18.0. The number of rotatable bonds is 6. The van der Waals surface area contributed by atoms with E-state index in [1.54, 1.807) is 36.4 Å². The van der Waals surface area contributed by atoms with Gasteiger partial charge in [0, 0.05) is 6.54 Å². The van der Waals surface area contributed by atoms with Gasteiger partial charge in [-0.25, -0.2) is 8.42 Å². The van der Waals surface area contributed by atoms with Crippen molar-refractivity contribution in [3.05, 3.63) is 77.6 Å². The van der Waals surface area contributed by atoms with Gasteiger partial charge < -0.3 is 14.2 Å². The number of hydrogen-bond donors (Lipinski definition) is 1. The minimum Gasteiger partial charge on any atom is -0.468 e. The summed E-state index contributed by atoms with van der Waals surface area (Å²) >= 11 is 0. The molecule has 0 radical (unpaired) electrons. The summed E-state index contributed by atoms with van der Waals surface area (Å²) < 4.78 is 36.7. The quantitative estimate of drug-likeness (QED) is 0.715. The average Bonchev–Trinajstić information content (AvgIpc) is 3.30. The standard InChI is InChI=1S/C19H19NO5S/c1-13-7-8-15(11-14(13)2)26(22,23)18(16-5-3-9-24-16)12-20-19(21)17-6-4-10-25-17/h3-11,18H,12H2,1-2H3,(H,20,21)/t18-/m0/s1. The van der Waals surface area contributed by atoms with E-state index in [0.717, 1.165) is 11.1 Å². The fraction of sp³-hybridized carbons (Fsp3) is 0.211. The lowest BCUT2D eigenvalue weighted by molar-refractivity contribution is 0.0925. The normalized spacial score (nSPS) is 12.7. The predicted molar refractivity (Wildman–Crippen MR) is 95.6 cm³/mol. The van der Waals surface area contributed by atoms with Crippen LogP contribution in [-0.4, -0.2) is 20.9 Å². The highest BCUT2D eigenvalue weighted by molar-refractivity contribution is 7.91. The van der Waals surface area contributed by atoms with Crippen LogP contribution in [0.5, 0.6) is 0 Å². The van der Waals surface area contributed by atoms with Crippen molar-refractivity contribution in [1.29, 1.82) is 0 Å². The molecule has 1 amide bonds. The maximum absolute atomic E-state index is 13.2. The number of sulfone groups is 1. The van der Waals surface area contributed by atoms with Gasteiger partial charge in [0.2, 0.25) is 0 Å². The van der Waals surface area contributed by atoms with Crippen molar-refractivity contribution in [1.82, 2.24) is 5.32 Å². The van der Waals surface area contributed by atoms with Gasteiger partial charge in [-0.2, -0.15) is 0 Å². The van der Waals surface area contributed by atoms with Crippen LogP contribution in [-0.2, 0) is 9.84 Å². The number of nitrogens with one attached hydrogen (secondary N) is 1. The maximum Gasteiger partial charge on any atom is 0.287 e. The largest absolute Gasteiger partial charge is 0.468 e. The Hall–Kier alpha value is -2.80. The van der Waals surface area contributed by atoms with Crippen molar-refractivity contribution in [3.63, 3.8) is 0 Å². The Morgan fingerprint density at radius 3 is 2.38 bits per heavy atom. The molecule has 3 aromatic rings. The Balaban J connectivity index is 1.90. The monoisotopic (exact) mass is 373 g/mol. The first-order valence-electron chi connectivity index (χ1n) is 8.06. The zero-order chi connectivity index (χ0) is 18.7. The van der Waals surface area contributed by atoms with E-state index >= 15 is 0 Å². The third-order valence-corrected chi connectivity index (χ3v) is 6.29. The van der Waals surface area contributed by atoms with Crippen LogP contribution in [0.25, 0.3) is 0 Å². The molecule has 26 heavy (non-hydrogen) atoms. The van der Waals surface area contributed by atoms with Gasteiger partial charge in [0.15, 0.2) is 15.6 Å². The second-order valence-electron chi connectivity index (χ2n) is 5.98. The molecule has 7 heteroatoms. The Labute approximate surface area is 151 Å². The molecule has 0 aliphatic carbocycles. The van der Waals surface area contributed by atoms with E-state index in [2.05, 4.69) is 5.32 Å². The molecule has 0 saturated heterocycles. The molecular weight excluding hydrogens is 354 g/mol. The highest BCUT2D eigenvalue weighted by atomic mass is 32.2. The molecule has 0 fully saturated rings. The van der Waals surface area contributed by atoms with Crippen molar-refractivity contribution in [2.45, 2.75) is 24.0 Å². The molecule has 1 atom stereocenters. The lowest BCUT2D eigenvalue weighted by Crippen LogP contribution is -2.31. The summed E-state index contributed by atoms with van der Waals surface area (Å²) in [5.74, 6) is -0.100. The first-order valence-corrected chi connectivity index (χ1v) is 9.60. The molecule has 1 aromatic carbocycles. The molecule has 2 heterocycles. The number of hydrogen-bond acceptors (Lipinski definition) is 5. The molecule has 3 rings (SSSR count). The number of carbonyl (C=O) groups is 1. The zero-order valence-electron chi connectivity index (χ0n) is 14.4. The molecule has 2 aromatic heterocycles. The predicted octanol–water partition coefficient (Wildman–Crippen LogP) is 3.43. The van der Waals surface area contributed by atoms with E-state index in [1.165, 1.54) is 18.6 Å². The van der Waals surface area contributed by atoms with Crippen molar-refractivity contribution in [2.75, 3.05) is 6.54 Å². The van der Waals surface area contributed by atoms with E-state index < -0.39 is 21.0 Å². The van der Waals surface area contributed by atoms with Gasteiger partial charge in [-0.05, 0) is 61.4 Å². The van der Waals surface area contributed by atoms with Crippen LogP contribution < -0.4 is 5.32 Å². The van der Waals surface area contributed by atoms with Crippen LogP contribution in [0.3, 0.4) is 0 Å². The molecule has 1 N–H and O–H groups in total. The Bertz CT molecular complexity index is 989. The van der Waals surface area contributed by atoms with Gasteiger partial charge in [0.05, 0.1) is 17.4 Å². The summed E-state index contributed by atoms with van der Waals surface area (Å²) in [7, 11) is -3.77. The minimum atomic E-state index is -3.77. The second-order valence-corrected chi connectivity index (χ2v) is 8.11. The maximum atomic E-state index is 13.2. The van der Waals surface area contributed by atoms with Crippen LogP contribution >= 0.6 is 0 Å². The fourth-order valence-electron chi connectivity index (χ4n) is 2.57. The average molecular weight is 373 g/mol. The molecule has 0 aliphatic rings. The van der Waals surface area contributed by atoms with E-state index in [9.17, 15) is 13.2 Å². The SMILES string of the molecule is Cc1ccc(S(=O)(=O)[C@@H](CNC(=O)c2ccco2)c2ccco2)cc1C. The van der Waals surface area contributed by atoms with Crippen LogP contribution in [0.2, 0.25) is 0 Å². The van der Waals surface area contributed by atoms with Crippen LogP contribution in [0.4, 0.5) is 0 Å². The highest BCUT2D eigenvalue weighted by Crippen LogP contribution is 2.30. The van der Waals surface area contributed by atoms with E-state index in [4.69, 9.17) is 8.83 Å². The summed E-state index contributed by atoms with van der Waals surface area (Å²) in [4.78, 5) is 12.3. The Morgan fingerprint density at radius 2 is 1.77 bits per heavy atom. The summed E-state index contributed by atoms with van der Waals surface area (Å²) in [6.45, 7) is 3.64. The molecule has 0 bridgehead atoms. The smallest absolute Gasteiger partial charge is 0.287 e. The molecule has 0 aliphatic heterocycles. The van der Waals surface area contributed by atoms with Gasteiger partial charge in [0.1, 0.15) is 11.0 Å². The third-order valence-electron chi connectivity index (χ3n) is 4.23. The highest BCUT2D eigenvalue weighted by Gasteiger charge is 2.32. The van der Waals surface area contributed by atoms with Gasteiger partial charge in [-0.3, -0.25) is 4.79 Å². The lowest BCUT2D eigenvalue weighted by atomic mass is 10.1. The third kappa shape index (κ3) is 3.57. The summed E-state index contributed by atoms with van der Waals surface area (Å²) in [6.07, 6.45) is 2.79. The number of aryl methyl sites for hydroxylation is 2. The zero-order valence-corrected chi connectivity index (χ0v) is 15.2. The Kier molecular flexibility index (Phi) is 4.99. The lowest BCUT2D eigenvalue weighted by Gasteiger charge is -2.17. The number of furan rings is 2. The van der Waals surface area contributed by atoms with Crippen molar-refractivity contribution in [3.8, 4) is 0 Å². The first-order chi connectivity index (χ1) is 12.4. The van der Waals surface area contributed by atoms with Crippen LogP contribution in [0, 0.1) is 13.8 Å². The van der Waals surface area contributed by atoms with Gasteiger partial charge in [-0.1, -0.05) is 6.07 Å². The summed E-state index contributed by atoms with van der Waals surface area (Å²) in [5.41, 5.74) is 1.88. The summed E-state index contributed by atoms with van der Waals surface area (Å²) in [6, 6.07) is 11.3. The molecule has 0 saturated carbocycles. The number of carbonyl (C=O) groups excluding carboxylic acids is 1. The van der Waals surface area contributed by atoms with E-state index in [0.29, 0.717) is 0 Å². The fourth-order valence-corrected chi connectivity index (χ4v) is 4.24. The molecule has 6 nitrogen and oxygen atoms in total. The molecular formula is C19H19NO5S. The van der Waals surface area contributed by atoms with Gasteiger partial charge in [-0.15, -0.1) is 0 Å². The van der Waals surface area contributed by atoms with Crippen LogP contribution in [0.15, 0.2) is 68.7 Å². The van der Waals surface area contributed by atoms with Crippen molar-refractivity contribution >= 4 is 15.7 Å². The van der Waals surface area contributed by atoms with Crippen LogP contribution in [0.1, 0.15) is 32.7 Å². The van der Waals surface area contributed by atoms with Gasteiger partial charge in [0.25, 0.3) is 5.91 Å². The van der Waals surface area contributed by atoms with Crippen molar-refractivity contribution < 1.29 is 22.0 Å². The molecule has 136 valence electrons. The molecule has 0 spiro atoms. The van der Waals surface area contributed by atoms with E-state index in [-0.39, 0.29) is 23.0 Å². The van der Waals surface area contributed by atoms with Gasteiger partial charge >= 0.3 is 0 Å². The van der Waals surface area contributed by atoms with E-state index in [1.807, 2.05) is 13.8 Å². The summed E-state index contributed by atoms with van der Waals surface area (Å²) in [5, 5.41) is 1.56. The number of benzene rings is 1. The topological polar surface area (TPSA) is 89.5 Å². The second kappa shape index (κ2) is 7.21. The Morgan fingerprint density at radius 1 is 1.04 bits per heavy atom. The van der Waals surface area contributed by atoms with Crippen molar-refractivity contribution in [2.24, 2.45) is 0 Å². The minimum absolute atomic E-state index is 0.117. The number of amides is 1.